The zero-order chi connectivity index (χ0) is 13.5. The Kier molecular flexibility index (Phi) is 5.99. The molecule has 4 heteroatoms. The highest BCUT2D eigenvalue weighted by atomic mass is 35.5. The van der Waals surface area contributed by atoms with E-state index in [1.165, 1.54) is 5.56 Å². The Labute approximate surface area is 114 Å². The van der Waals surface area contributed by atoms with Crippen molar-refractivity contribution in [3.63, 3.8) is 0 Å². The van der Waals surface area contributed by atoms with E-state index in [0.717, 1.165) is 12.1 Å². The van der Waals surface area contributed by atoms with Crippen molar-refractivity contribution in [1.29, 1.82) is 0 Å². The number of urea groups is 1. The lowest BCUT2D eigenvalue weighted by atomic mass is 9.99. The third-order valence-electron chi connectivity index (χ3n) is 2.96. The quantitative estimate of drug-likeness (QED) is 0.780. The van der Waals surface area contributed by atoms with Crippen molar-refractivity contribution >= 4 is 23.3 Å². The number of rotatable bonds is 5. The van der Waals surface area contributed by atoms with Gasteiger partial charge in [-0.3, -0.25) is 0 Å². The highest BCUT2D eigenvalue weighted by molar-refractivity contribution is 6.18. The second-order valence-corrected chi connectivity index (χ2v) is 4.89. The topological polar surface area (TPSA) is 41.1 Å². The standard InChI is InChI=1S/C14H21ClN2O/c1-4-10(2)12-5-7-13(8-6-12)17-14(18)16-11(3)9-15/h5-8,10-11H,4,9H2,1-3H3,(H2,16,17,18)/t10?,11-/m0/s1. The summed E-state index contributed by atoms with van der Waals surface area (Å²) in [5.41, 5.74) is 2.08. The van der Waals surface area contributed by atoms with E-state index < -0.39 is 0 Å². The van der Waals surface area contributed by atoms with Gasteiger partial charge in [-0.15, -0.1) is 11.6 Å². The third kappa shape index (κ3) is 4.57. The summed E-state index contributed by atoms with van der Waals surface area (Å²) < 4.78 is 0. The maximum atomic E-state index is 11.6. The Morgan fingerprint density at radius 2 is 1.89 bits per heavy atom. The molecule has 0 heterocycles. The van der Waals surface area contributed by atoms with Crippen molar-refractivity contribution in [2.24, 2.45) is 0 Å². The molecule has 0 radical (unpaired) electrons. The van der Waals surface area contributed by atoms with Gasteiger partial charge in [-0.2, -0.15) is 0 Å². The minimum Gasteiger partial charge on any atom is -0.334 e. The summed E-state index contributed by atoms with van der Waals surface area (Å²) in [6.45, 7) is 6.22. The molecule has 0 bridgehead atoms. The first kappa shape index (κ1) is 14.8. The van der Waals surface area contributed by atoms with Crippen LogP contribution in [0.25, 0.3) is 0 Å². The largest absolute Gasteiger partial charge is 0.334 e. The summed E-state index contributed by atoms with van der Waals surface area (Å²) in [7, 11) is 0. The summed E-state index contributed by atoms with van der Waals surface area (Å²) in [6.07, 6.45) is 1.11. The van der Waals surface area contributed by atoms with Crippen LogP contribution in [0.2, 0.25) is 0 Å². The first-order valence-electron chi connectivity index (χ1n) is 6.30. The Hall–Kier alpha value is -1.22. The van der Waals surface area contributed by atoms with Crippen molar-refractivity contribution in [3.05, 3.63) is 29.8 Å². The van der Waals surface area contributed by atoms with Gasteiger partial charge < -0.3 is 10.6 Å². The molecule has 1 aromatic rings. The SMILES string of the molecule is CCC(C)c1ccc(NC(=O)N[C@@H](C)CCl)cc1. The molecular weight excluding hydrogens is 248 g/mol. The van der Waals surface area contributed by atoms with E-state index >= 15 is 0 Å². The highest BCUT2D eigenvalue weighted by Gasteiger charge is 2.07. The summed E-state index contributed by atoms with van der Waals surface area (Å²) in [4.78, 5) is 11.6. The van der Waals surface area contributed by atoms with E-state index in [1.54, 1.807) is 0 Å². The zero-order valence-electron chi connectivity index (χ0n) is 11.2. The van der Waals surface area contributed by atoms with E-state index in [0.29, 0.717) is 11.8 Å². The molecule has 0 aromatic heterocycles. The smallest absolute Gasteiger partial charge is 0.319 e. The molecule has 1 rings (SSSR count). The van der Waals surface area contributed by atoms with Gasteiger partial charge >= 0.3 is 6.03 Å². The Morgan fingerprint density at radius 1 is 1.28 bits per heavy atom. The van der Waals surface area contributed by atoms with Crippen LogP contribution in [0.3, 0.4) is 0 Å². The Morgan fingerprint density at radius 3 is 2.39 bits per heavy atom. The Bertz CT molecular complexity index is 378. The van der Waals surface area contributed by atoms with Crippen LogP contribution in [0.4, 0.5) is 10.5 Å². The molecule has 0 fully saturated rings. The van der Waals surface area contributed by atoms with Gasteiger partial charge in [0.25, 0.3) is 0 Å². The van der Waals surface area contributed by atoms with Crippen LogP contribution in [0.1, 0.15) is 38.7 Å². The van der Waals surface area contributed by atoms with Crippen LogP contribution < -0.4 is 10.6 Å². The second kappa shape index (κ2) is 7.27. The van der Waals surface area contributed by atoms with Crippen LogP contribution in [-0.4, -0.2) is 18.0 Å². The molecule has 1 unspecified atom stereocenters. The van der Waals surface area contributed by atoms with E-state index in [4.69, 9.17) is 11.6 Å². The molecular formula is C14H21ClN2O. The fraction of sp³-hybridized carbons (Fsp3) is 0.500. The van der Waals surface area contributed by atoms with Crippen molar-refractivity contribution < 1.29 is 4.79 Å². The van der Waals surface area contributed by atoms with Crippen molar-refractivity contribution in [3.8, 4) is 0 Å². The molecule has 2 amide bonds. The molecule has 100 valence electrons. The number of benzene rings is 1. The normalized spacial score (nSPS) is 13.8. The Balaban J connectivity index is 2.55. The number of hydrogen-bond acceptors (Lipinski definition) is 1. The minimum atomic E-state index is -0.223. The predicted molar refractivity (Wildman–Crippen MR) is 77.5 cm³/mol. The molecule has 1 aromatic carbocycles. The summed E-state index contributed by atoms with van der Waals surface area (Å²) in [6, 6.07) is 7.69. The van der Waals surface area contributed by atoms with E-state index in [9.17, 15) is 4.79 Å². The molecule has 0 saturated heterocycles. The van der Waals surface area contributed by atoms with Gasteiger partial charge in [-0.25, -0.2) is 4.79 Å². The van der Waals surface area contributed by atoms with Crippen LogP contribution in [0.15, 0.2) is 24.3 Å². The third-order valence-corrected chi connectivity index (χ3v) is 3.42. The number of anilines is 1. The summed E-state index contributed by atoms with van der Waals surface area (Å²) in [5, 5.41) is 5.53. The zero-order valence-corrected chi connectivity index (χ0v) is 11.9. The molecule has 0 aliphatic rings. The second-order valence-electron chi connectivity index (χ2n) is 4.59. The number of alkyl halides is 1. The molecule has 0 aliphatic carbocycles. The summed E-state index contributed by atoms with van der Waals surface area (Å²) >= 11 is 5.63. The van der Waals surface area contributed by atoms with Crippen molar-refractivity contribution in [1.82, 2.24) is 5.32 Å². The fourth-order valence-corrected chi connectivity index (χ4v) is 1.64. The first-order chi connectivity index (χ1) is 8.56. The lowest BCUT2D eigenvalue weighted by Gasteiger charge is -2.13. The minimum absolute atomic E-state index is 0.0361. The molecule has 18 heavy (non-hydrogen) atoms. The first-order valence-corrected chi connectivity index (χ1v) is 6.83. The van der Waals surface area contributed by atoms with Gasteiger partial charge in [0.1, 0.15) is 0 Å². The molecule has 2 atom stereocenters. The average molecular weight is 269 g/mol. The van der Waals surface area contributed by atoms with Crippen molar-refractivity contribution in [2.45, 2.75) is 39.2 Å². The monoisotopic (exact) mass is 268 g/mol. The number of hydrogen-bond donors (Lipinski definition) is 2. The molecule has 3 nitrogen and oxygen atoms in total. The average Bonchev–Trinajstić information content (AvgIpc) is 2.38. The van der Waals surface area contributed by atoms with Crippen molar-refractivity contribution in [2.75, 3.05) is 11.2 Å². The van der Waals surface area contributed by atoms with Gasteiger partial charge in [0, 0.05) is 17.6 Å². The fourth-order valence-electron chi connectivity index (χ4n) is 1.56. The molecule has 0 aliphatic heterocycles. The molecule has 2 N–H and O–H groups in total. The maximum absolute atomic E-state index is 11.6. The van der Waals surface area contributed by atoms with Gasteiger partial charge in [0.05, 0.1) is 0 Å². The van der Waals surface area contributed by atoms with Crippen LogP contribution >= 0.6 is 11.6 Å². The number of halogens is 1. The lowest BCUT2D eigenvalue weighted by Crippen LogP contribution is -2.37. The van der Waals surface area contributed by atoms with Gasteiger partial charge in [-0.1, -0.05) is 26.0 Å². The maximum Gasteiger partial charge on any atom is 0.319 e. The number of amides is 2. The van der Waals surface area contributed by atoms with E-state index in [1.807, 2.05) is 19.1 Å². The molecule has 0 spiro atoms. The van der Waals surface area contributed by atoms with Crippen LogP contribution in [-0.2, 0) is 0 Å². The van der Waals surface area contributed by atoms with E-state index in [2.05, 4.69) is 36.6 Å². The molecule has 0 saturated carbocycles. The summed E-state index contributed by atoms with van der Waals surface area (Å²) in [5.74, 6) is 0.949. The van der Waals surface area contributed by atoms with E-state index in [-0.39, 0.29) is 12.1 Å². The number of carbonyl (C=O) groups excluding carboxylic acids is 1. The van der Waals surface area contributed by atoms with Gasteiger partial charge in [0.15, 0.2) is 0 Å². The number of carbonyl (C=O) groups is 1. The van der Waals surface area contributed by atoms with Crippen LogP contribution in [0, 0.1) is 0 Å². The lowest BCUT2D eigenvalue weighted by molar-refractivity contribution is 0.250. The predicted octanol–water partition coefficient (Wildman–Crippen LogP) is 3.95. The van der Waals surface area contributed by atoms with Crippen LogP contribution in [0.5, 0.6) is 0 Å². The van der Waals surface area contributed by atoms with Gasteiger partial charge in [0.2, 0.25) is 0 Å². The number of nitrogens with one attached hydrogen (secondary N) is 2. The highest BCUT2D eigenvalue weighted by Crippen LogP contribution is 2.20. The van der Waals surface area contributed by atoms with Gasteiger partial charge in [-0.05, 0) is 37.0 Å².